The molecule has 1 rings (SSSR count). The van der Waals surface area contributed by atoms with Crippen LogP contribution in [-0.4, -0.2) is 30.7 Å². The van der Waals surface area contributed by atoms with Crippen molar-refractivity contribution in [1.82, 2.24) is 0 Å². The van der Waals surface area contributed by atoms with Crippen LogP contribution in [0.1, 0.15) is 59.8 Å². The minimum absolute atomic E-state index is 0. The smallest absolute Gasteiger partial charge is 0.0890 e. The Morgan fingerprint density at radius 1 is 0.882 bits per heavy atom. The molecule has 0 bridgehead atoms. The Labute approximate surface area is 126 Å². The molecule has 0 amide bonds. The van der Waals surface area contributed by atoms with Crippen molar-refractivity contribution in [2.45, 2.75) is 71.9 Å². The highest BCUT2D eigenvalue weighted by Gasteiger charge is 2.39. The Hall–Kier alpha value is 0.690. The fourth-order valence-corrected chi connectivity index (χ4v) is 3.42. The maximum absolute atomic E-state index is 2.47. The summed E-state index contributed by atoms with van der Waals surface area (Å²) in [6.45, 7) is 9.47. The topological polar surface area (TPSA) is 0 Å². The number of halogens is 1. The normalized spacial score (nSPS) is 28.2. The van der Waals surface area contributed by atoms with Gasteiger partial charge < -0.3 is 28.5 Å². The van der Waals surface area contributed by atoms with E-state index in [9.17, 15) is 0 Å². The standard InChI is InChI=1S/C15H32N.HI/c1-12(2)10-14-8-7-9-15(11-13(3)4)16(14,5)6;/h12-15H,7-11H2,1-6H3;1H/q+1;/p-1/t14-,15-;/m1./s1. The van der Waals surface area contributed by atoms with Gasteiger partial charge in [-0.25, -0.2) is 0 Å². The molecule has 0 aliphatic carbocycles. The van der Waals surface area contributed by atoms with Gasteiger partial charge in [0.25, 0.3) is 0 Å². The molecule has 104 valence electrons. The zero-order chi connectivity index (χ0) is 12.3. The van der Waals surface area contributed by atoms with Crippen molar-refractivity contribution in [3.05, 3.63) is 0 Å². The van der Waals surface area contributed by atoms with Crippen LogP contribution in [0.15, 0.2) is 0 Å². The molecule has 0 saturated carbocycles. The van der Waals surface area contributed by atoms with E-state index in [0.717, 1.165) is 23.9 Å². The van der Waals surface area contributed by atoms with Crippen LogP contribution in [-0.2, 0) is 0 Å². The Kier molecular flexibility index (Phi) is 7.62. The molecular weight excluding hydrogens is 321 g/mol. The highest BCUT2D eigenvalue weighted by molar-refractivity contribution is 4.74. The summed E-state index contributed by atoms with van der Waals surface area (Å²) in [7, 11) is 4.94. The van der Waals surface area contributed by atoms with Gasteiger partial charge in [0.05, 0.1) is 26.2 Å². The van der Waals surface area contributed by atoms with Gasteiger partial charge >= 0.3 is 0 Å². The highest BCUT2D eigenvalue weighted by Crippen LogP contribution is 2.34. The van der Waals surface area contributed by atoms with E-state index in [1.54, 1.807) is 0 Å². The monoisotopic (exact) mass is 353 g/mol. The number of nitrogens with zero attached hydrogens (tertiary/aromatic N) is 1. The van der Waals surface area contributed by atoms with E-state index in [4.69, 9.17) is 0 Å². The van der Waals surface area contributed by atoms with Crippen LogP contribution in [0.25, 0.3) is 0 Å². The van der Waals surface area contributed by atoms with E-state index >= 15 is 0 Å². The summed E-state index contributed by atoms with van der Waals surface area (Å²) in [6, 6.07) is 1.80. The van der Waals surface area contributed by atoms with Gasteiger partial charge in [-0.2, -0.15) is 0 Å². The number of quaternary nitrogens is 1. The summed E-state index contributed by atoms with van der Waals surface area (Å²) >= 11 is 0. The summed E-state index contributed by atoms with van der Waals surface area (Å²) in [5.41, 5.74) is 0. The first-order chi connectivity index (χ1) is 7.34. The van der Waals surface area contributed by atoms with E-state index in [0.29, 0.717) is 0 Å². The summed E-state index contributed by atoms with van der Waals surface area (Å²) in [4.78, 5) is 0. The predicted molar refractivity (Wildman–Crippen MR) is 72.4 cm³/mol. The van der Waals surface area contributed by atoms with Crippen molar-refractivity contribution in [2.24, 2.45) is 11.8 Å². The van der Waals surface area contributed by atoms with Crippen LogP contribution in [0, 0.1) is 11.8 Å². The summed E-state index contributed by atoms with van der Waals surface area (Å²) in [5, 5.41) is 0. The van der Waals surface area contributed by atoms with Crippen LogP contribution < -0.4 is 24.0 Å². The molecule has 1 nitrogen and oxygen atoms in total. The van der Waals surface area contributed by atoms with Gasteiger partial charge in [-0.05, 0) is 31.1 Å². The molecule has 0 aromatic rings. The molecule has 2 heteroatoms. The van der Waals surface area contributed by atoms with Gasteiger partial charge in [0.15, 0.2) is 0 Å². The van der Waals surface area contributed by atoms with Crippen LogP contribution in [0.5, 0.6) is 0 Å². The molecule has 0 radical (unpaired) electrons. The molecule has 0 spiro atoms. The number of likely N-dealkylation sites (tertiary alicyclic amines) is 1. The number of hydrogen-bond donors (Lipinski definition) is 0. The van der Waals surface area contributed by atoms with Crippen molar-refractivity contribution in [3.63, 3.8) is 0 Å². The third-order valence-corrected chi connectivity index (χ3v) is 4.44. The summed E-state index contributed by atoms with van der Waals surface area (Å²) in [6.07, 6.45) is 7.15. The largest absolute Gasteiger partial charge is 1.00 e. The molecule has 1 fully saturated rings. The highest BCUT2D eigenvalue weighted by atomic mass is 127. The third kappa shape index (κ3) is 5.06. The Bertz CT molecular complexity index is 191. The van der Waals surface area contributed by atoms with E-state index < -0.39 is 0 Å². The van der Waals surface area contributed by atoms with Gasteiger partial charge in [-0.15, -0.1) is 0 Å². The van der Waals surface area contributed by atoms with Crippen LogP contribution in [0.2, 0.25) is 0 Å². The zero-order valence-electron chi connectivity index (χ0n) is 12.7. The molecule has 0 N–H and O–H groups in total. The quantitative estimate of drug-likeness (QED) is 0.524. The molecular formula is C15H32IN. The van der Waals surface area contributed by atoms with Crippen LogP contribution >= 0.6 is 0 Å². The first kappa shape index (κ1) is 17.7. The second-order valence-corrected chi connectivity index (χ2v) is 7.13. The number of hydrogen-bond acceptors (Lipinski definition) is 0. The van der Waals surface area contributed by atoms with E-state index in [1.807, 2.05) is 0 Å². The molecule has 0 aromatic heterocycles. The van der Waals surface area contributed by atoms with E-state index in [-0.39, 0.29) is 24.0 Å². The average molecular weight is 353 g/mol. The zero-order valence-corrected chi connectivity index (χ0v) is 14.8. The van der Waals surface area contributed by atoms with Crippen molar-refractivity contribution < 1.29 is 28.5 Å². The van der Waals surface area contributed by atoms with Crippen molar-refractivity contribution in [3.8, 4) is 0 Å². The molecule has 0 unspecified atom stereocenters. The second kappa shape index (κ2) is 7.32. The van der Waals surface area contributed by atoms with Gasteiger partial charge in [-0.3, -0.25) is 0 Å². The lowest BCUT2D eigenvalue weighted by Crippen LogP contribution is -3.00. The molecule has 2 atom stereocenters. The van der Waals surface area contributed by atoms with Crippen molar-refractivity contribution in [1.29, 1.82) is 0 Å². The van der Waals surface area contributed by atoms with Gasteiger partial charge in [0.1, 0.15) is 0 Å². The lowest BCUT2D eigenvalue weighted by molar-refractivity contribution is -0.945. The first-order valence-corrected chi connectivity index (χ1v) is 7.17. The van der Waals surface area contributed by atoms with E-state index in [1.165, 1.54) is 36.6 Å². The molecule has 1 heterocycles. The molecule has 0 aromatic carbocycles. The maximum Gasteiger partial charge on any atom is 0.0890 e. The van der Waals surface area contributed by atoms with E-state index in [2.05, 4.69) is 41.8 Å². The minimum atomic E-state index is 0. The SMILES string of the molecule is CC(C)C[C@H]1CCC[C@H](CC(C)C)[N+]1(C)C.[I-]. The molecule has 1 aliphatic heterocycles. The van der Waals surface area contributed by atoms with Gasteiger partial charge in [0, 0.05) is 12.8 Å². The Morgan fingerprint density at radius 2 is 1.24 bits per heavy atom. The van der Waals surface area contributed by atoms with Gasteiger partial charge in [-0.1, -0.05) is 27.7 Å². The van der Waals surface area contributed by atoms with Gasteiger partial charge in [0.2, 0.25) is 0 Å². The van der Waals surface area contributed by atoms with Crippen LogP contribution in [0.4, 0.5) is 0 Å². The maximum atomic E-state index is 2.47. The first-order valence-electron chi connectivity index (χ1n) is 7.17. The fraction of sp³-hybridized carbons (Fsp3) is 1.00. The molecule has 1 saturated heterocycles. The number of piperidine rings is 1. The van der Waals surface area contributed by atoms with Crippen molar-refractivity contribution in [2.75, 3.05) is 14.1 Å². The number of rotatable bonds is 4. The molecule has 1 aliphatic rings. The van der Waals surface area contributed by atoms with Crippen LogP contribution in [0.3, 0.4) is 0 Å². The predicted octanol–water partition coefficient (Wildman–Crippen LogP) is 1.08. The Balaban J connectivity index is 0.00000256. The third-order valence-electron chi connectivity index (χ3n) is 4.44. The summed E-state index contributed by atoms with van der Waals surface area (Å²) in [5.74, 6) is 1.69. The Morgan fingerprint density at radius 3 is 1.53 bits per heavy atom. The lowest BCUT2D eigenvalue weighted by atomic mass is 9.85. The average Bonchev–Trinajstić information content (AvgIpc) is 2.11. The van der Waals surface area contributed by atoms with Crippen molar-refractivity contribution >= 4 is 0 Å². The fourth-order valence-electron chi connectivity index (χ4n) is 3.42. The lowest BCUT2D eigenvalue weighted by Gasteiger charge is -2.49. The molecule has 17 heavy (non-hydrogen) atoms. The second-order valence-electron chi connectivity index (χ2n) is 7.13. The minimum Gasteiger partial charge on any atom is -1.00 e. The summed E-state index contributed by atoms with van der Waals surface area (Å²) < 4.78 is 1.27.